The van der Waals surface area contributed by atoms with Crippen molar-refractivity contribution in [1.29, 1.82) is 0 Å². The summed E-state index contributed by atoms with van der Waals surface area (Å²) in [5, 5.41) is 3.47. The third kappa shape index (κ3) is 4.63. The molecule has 0 saturated heterocycles. The van der Waals surface area contributed by atoms with E-state index < -0.39 is 0 Å². The highest BCUT2D eigenvalue weighted by atomic mass is 16.5. The maximum absolute atomic E-state index is 5.96. The number of benzene rings is 1. The van der Waals surface area contributed by atoms with Crippen LogP contribution in [-0.4, -0.2) is 25.8 Å². The smallest absolute Gasteiger partial charge is 0.0755 e. The summed E-state index contributed by atoms with van der Waals surface area (Å²) < 4.78 is 5.96. The summed E-state index contributed by atoms with van der Waals surface area (Å²) in [5.74, 6) is 0.800. The van der Waals surface area contributed by atoms with Crippen LogP contribution < -0.4 is 5.32 Å². The minimum atomic E-state index is 0.422. The SMILES string of the molecule is CCOC(C1CC1)C(CCCc1ccccc1)NC. The highest BCUT2D eigenvalue weighted by molar-refractivity contribution is 5.14. The fourth-order valence-electron chi connectivity index (χ4n) is 2.84. The molecule has 2 atom stereocenters. The molecule has 2 heteroatoms. The fraction of sp³-hybridized carbons (Fsp3) is 0.647. The number of aryl methyl sites for hydroxylation is 1. The molecule has 1 aromatic carbocycles. The Morgan fingerprint density at radius 2 is 2.00 bits per heavy atom. The van der Waals surface area contributed by atoms with Gasteiger partial charge in [0.2, 0.25) is 0 Å². The van der Waals surface area contributed by atoms with Gasteiger partial charge in [-0.2, -0.15) is 0 Å². The summed E-state index contributed by atoms with van der Waals surface area (Å²) in [6.07, 6.45) is 6.72. The molecule has 2 unspecified atom stereocenters. The average molecular weight is 261 g/mol. The van der Waals surface area contributed by atoms with Gasteiger partial charge in [0.15, 0.2) is 0 Å². The molecule has 1 aliphatic rings. The summed E-state index contributed by atoms with van der Waals surface area (Å²) >= 11 is 0. The highest BCUT2D eigenvalue weighted by Crippen LogP contribution is 2.36. The molecule has 0 radical (unpaired) electrons. The van der Waals surface area contributed by atoms with Crippen molar-refractivity contribution in [2.24, 2.45) is 5.92 Å². The molecule has 1 N–H and O–H groups in total. The van der Waals surface area contributed by atoms with E-state index in [1.54, 1.807) is 0 Å². The van der Waals surface area contributed by atoms with Gasteiger partial charge >= 0.3 is 0 Å². The lowest BCUT2D eigenvalue weighted by atomic mass is 9.98. The second-order valence-corrected chi connectivity index (χ2v) is 5.53. The molecule has 1 saturated carbocycles. The Hall–Kier alpha value is -0.860. The van der Waals surface area contributed by atoms with E-state index in [2.05, 4.69) is 49.6 Å². The van der Waals surface area contributed by atoms with Crippen LogP contribution in [0.1, 0.15) is 38.2 Å². The van der Waals surface area contributed by atoms with Crippen LogP contribution in [0.25, 0.3) is 0 Å². The number of ether oxygens (including phenoxy) is 1. The number of hydrogen-bond donors (Lipinski definition) is 1. The molecule has 1 fully saturated rings. The van der Waals surface area contributed by atoms with Crippen molar-refractivity contribution in [2.75, 3.05) is 13.7 Å². The zero-order valence-corrected chi connectivity index (χ0v) is 12.3. The molecule has 19 heavy (non-hydrogen) atoms. The monoisotopic (exact) mass is 261 g/mol. The van der Waals surface area contributed by atoms with Crippen molar-refractivity contribution >= 4 is 0 Å². The van der Waals surface area contributed by atoms with E-state index in [0.717, 1.165) is 12.5 Å². The lowest BCUT2D eigenvalue weighted by Crippen LogP contribution is -2.41. The molecule has 1 aliphatic carbocycles. The normalized spacial score (nSPS) is 18.2. The van der Waals surface area contributed by atoms with Gasteiger partial charge in [0.1, 0.15) is 0 Å². The summed E-state index contributed by atoms with van der Waals surface area (Å²) in [5.41, 5.74) is 1.44. The lowest BCUT2D eigenvalue weighted by Gasteiger charge is -2.27. The van der Waals surface area contributed by atoms with Gasteiger partial charge in [0.05, 0.1) is 6.10 Å². The largest absolute Gasteiger partial charge is 0.377 e. The molecule has 2 nitrogen and oxygen atoms in total. The topological polar surface area (TPSA) is 21.3 Å². The molecule has 0 aromatic heterocycles. The first kappa shape index (κ1) is 14.5. The highest BCUT2D eigenvalue weighted by Gasteiger charge is 2.36. The minimum absolute atomic E-state index is 0.422. The van der Waals surface area contributed by atoms with E-state index in [1.165, 1.54) is 37.7 Å². The molecule has 0 bridgehead atoms. The molecule has 0 amide bonds. The van der Waals surface area contributed by atoms with Crippen LogP contribution in [0.4, 0.5) is 0 Å². The van der Waals surface area contributed by atoms with E-state index in [4.69, 9.17) is 4.74 Å². The van der Waals surface area contributed by atoms with Crippen LogP contribution in [0.5, 0.6) is 0 Å². The number of rotatable bonds is 9. The van der Waals surface area contributed by atoms with Crippen LogP contribution in [0.15, 0.2) is 30.3 Å². The van der Waals surface area contributed by atoms with Crippen molar-refractivity contribution in [3.8, 4) is 0 Å². The summed E-state index contributed by atoms with van der Waals surface area (Å²) in [4.78, 5) is 0. The van der Waals surface area contributed by atoms with Crippen molar-refractivity contribution in [1.82, 2.24) is 5.32 Å². The van der Waals surface area contributed by atoms with Gasteiger partial charge in [-0.05, 0) is 57.6 Å². The predicted octanol–water partition coefficient (Wildman–Crippen LogP) is 3.41. The Kier molecular flexibility index (Phi) is 5.87. The summed E-state index contributed by atoms with van der Waals surface area (Å²) in [6, 6.07) is 11.3. The first-order chi connectivity index (χ1) is 9.35. The predicted molar refractivity (Wildman–Crippen MR) is 80.4 cm³/mol. The first-order valence-corrected chi connectivity index (χ1v) is 7.68. The molecular formula is C17H27NO. The van der Waals surface area contributed by atoms with Crippen molar-refractivity contribution in [2.45, 2.75) is 51.2 Å². The van der Waals surface area contributed by atoms with Crippen LogP contribution in [0.2, 0.25) is 0 Å². The maximum atomic E-state index is 5.96. The van der Waals surface area contributed by atoms with Crippen molar-refractivity contribution in [3.05, 3.63) is 35.9 Å². The Bertz CT molecular complexity index is 348. The van der Waals surface area contributed by atoms with Gasteiger partial charge in [-0.1, -0.05) is 30.3 Å². The molecule has 1 aromatic rings. The van der Waals surface area contributed by atoms with Crippen molar-refractivity contribution < 1.29 is 4.74 Å². The van der Waals surface area contributed by atoms with Gasteiger partial charge in [0.25, 0.3) is 0 Å². The lowest BCUT2D eigenvalue weighted by molar-refractivity contribution is 0.0184. The van der Waals surface area contributed by atoms with E-state index in [1.807, 2.05) is 0 Å². The average Bonchev–Trinajstić information content (AvgIpc) is 3.27. The number of hydrogen-bond acceptors (Lipinski definition) is 2. The van der Waals surface area contributed by atoms with Gasteiger partial charge in [0, 0.05) is 12.6 Å². The number of likely N-dealkylation sites (N-methyl/N-ethyl adjacent to an activating group) is 1. The first-order valence-electron chi connectivity index (χ1n) is 7.68. The van der Waals surface area contributed by atoms with Gasteiger partial charge in [-0.3, -0.25) is 0 Å². The van der Waals surface area contributed by atoms with Gasteiger partial charge in [-0.15, -0.1) is 0 Å². The minimum Gasteiger partial charge on any atom is -0.377 e. The maximum Gasteiger partial charge on any atom is 0.0755 e. The Morgan fingerprint density at radius 3 is 2.58 bits per heavy atom. The van der Waals surface area contributed by atoms with E-state index in [0.29, 0.717) is 12.1 Å². The Labute approximate surface area is 117 Å². The second-order valence-electron chi connectivity index (χ2n) is 5.53. The van der Waals surface area contributed by atoms with Gasteiger partial charge in [-0.25, -0.2) is 0 Å². The molecule has 2 rings (SSSR count). The van der Waals surface area contributed by atoms with Gasteiger partial charge < -0.3 is 10.1 Å². The van der Waals surface area contributed by atoms with Crippen LogP contribution in [0.3, 0.4) is 0 Å². The van der Waals surface area contributed by atoms with Crippen LogP contribution >= 0.6 is 0 Å². The van der Waals surface area contributed by atoms with E-state index >= 15 is 0 Å². The molecule has 106 valence electrons. The third-order valence-corrected chi connectivity index (χ3v) is 4.04. The summed E-state index contributed by atoms with van der Waals surface area (Å²) in [6.45, 7) is 2.93. The molecule has 0 aliphatic heterocycles. The van der Waals surface area contributed by atoms with Crippen LogP contribution in [0, 0.1) is 5.92 Å². The fourth-order valence-corrected chi connectivity index (χ4v) is 2.84. The standard InChI is InChI=1S/C17H27NO/c1-3-19-17(15-12-13-15)16(18-2)11-7-10-14-8-5-4-6-9-14/h4-6,8-9,15-18H,3,7,10-13H2,1-2H3. The Balaban J connectivity index is 1.78. The zero-order chi connectivity index (χ0) is 13.5. The van der Waals surface area contributed by atoms with Crippen molar-refractivity contribution in [3.63, 3.8) is 0 Å². The third-order valence-electron chi connectivity index (χ3n) is 4.04. The molecule has 0 heterocycles. The summed E-state index contributed by atoms with van der Waals surface area (Å²) in [7, 11) is 2.07. The zero-order valence-electron chi connectivity index (χ0n) is 12.3. The van der Waals surface area contributed by atoms with E-state index in [9.17, 15) is 0 Å². The molecule has 0 spiro atoms. The number of nitrogens with one attached hydrogen (secondary N) is 1. The second kappa shape index (κ2) is 7.66. The molecular weight excluding hydrogens is 234 g/mol. The Morgan fingerprint density at radius 1 is 1.26 bits per heavy atom. The van der Waals surface area contributed by atoms with Crippen LogP contribution in [-0.2, 0) is 11.2 Å². The van der Waals surface area contributed by atoms with E-state index in [-0.39, 0.29) is 0 Å². The quantitative estimate of drug-likeness (QED) is 0.735.